The molecule has 4 N–H and O–H groups in total. The van der Waals surface area contributed by atoms with E-state index in [1.165, 1.54) is 13.1 Å². The van der Waals surface area contributed by atoms with Crippen molar-refractivity contribution in [1.82, 2.24) is 15.8 Å². The lowest BCUT2D eigenvalue weighted by Crippen LogP contribution is -2.58. The third kappa shape index (κ3) is 2.57. The van der Waals surface area contributed by atoms with Gasteiger partial charge < -0.3 is 16.5 Å². The van der Waals surface area contributed by atoms with Crippen molar-refractivity contribution in [1.29, 1.82) is 0 Å². The standard InChI is InChI=1S/C16H19FN4O2/c1-19-14(22)13-8-16(15(18)23,11-6-7-11)21(20-13)9-10-4-2-3-5-12(10)17/h2-5,8,11,20H,6-7,9H2,1H3,(H2,18,23)(H,19,22). The number of primary amides is 1. The molecule has 2 aliphatic rings. The normalized spacial score (nSPS) is 24.0. The van der Waals surface area contributed by atoms with E-state index in [2.05, 4.69) is 10.7 Å². The number of nitrogens with one attached hydrogen (secondary N) is 2. The smallest absolute Gasteiger partial charge is 0.268 e. The molecule has 122 valence electrons. The third-order valence-electron chi connectivity index (χ3n) is 4.42. The summed E-state index contributed by atoms with van der Waals surface area (Å²) < 4.78 is 14.0. The lowest BCUT2D eigenvalue weighted by Gasteiger charge is -2.35. The van der Waals surface area contributed by atoms with Crippen LogP contribution < -0.4 is 16.5 Å². The highest BCUT2D eigenvalue weighted by molar-refractivity contribution is 5.97. The van der Waals surface area contributed by atoms with E-state index in [1.807, 2.05) is 0 Å². The number of nitrogens with zero attached hydrogens (tertiary/aromatic N) is 1. The Hall–Kier alpha value is -2.41. The van der Waals surface area contributed by atoms with Crippen LogP contribution in [0.15, 0.2) is 36.0 Å². The highest BCUT2D eigenvalue weighted by Crippen LogP contribution is 2.46. The van der Waals surface area contributed by atoms with E-state index >= 15 is 0 Å². The summed E-state index contributed by atoms with van der Waals surface area (Å²) in [5.41, 5.74) is 8.18. The minimum Gasteiger partial charge on any atom is -0.368 e. The number of likely N-dealkylation sites (N-methyl/N-ethyl adjacent to an activating group) is 1. The maximum Gasteiger partial charge on any atom is 0.268 e. The van der Waals surface area contributed by atoms with Gasteiger partial charge in [-0.05, 0) is 30.9 Å². The fourth-order valence-electron chi connectivity index (χ4n) is 3.05. The summed E-state index contributed by atoms with van der Waals surface area (Å²) in [4.78, 5) is 24.2. The minimum absolute atomic E-state index is 0.0291. The second kappa shape index (κ2) is 5.66. The molecule has 0 aromatic heterocycles. The molecule has 1 aromatic rings. The van der Waals surface area contributed by atoms with Crippen molar-refractivity contribution >= 4 is 11.8 Å². The first-order valence-corrected chi connectivity index (χ1v) is 7.51. The molecular weight excluding hydrogens is 299 g/mol. The van der Waals surface area contributed by atoms with Gasteiger partial charge in [0.2, 0.25) is 5.91 Å². The third-order valence-corrected chi connectivity index (χ3v) is 4.42. The number of carbonyl (C=O) groups is 2. The van der Waals surface area contributed by atoms with Gasteiger partial charge in [0.05, 0.1) is 0 Å². The number of nitrogens with two attached hydrogens (primary N) is 1. The summed E-state index contributed by atoms with van der Waals surface area (Å²) in [6, 6.07) is 6.34. The molecule has 1 aliphatic carbocycles. The van der Waals surface area contributed by atoms with E-state index in [0.717, 1.165) is 12.8 Å². The summed E-state index contributed by atoms with van der Waals surface area (Å²) >= 11 is 0. The maximum absolute atomic E-state index is 14.0. The molecule has 1 aromatic carbocycles. The molecule has 0 bridgehead atoms. The zero-order valence-electron chi connectivity index (χ0n) is 12.8. The molecule has 1 heterocycles. The molecule has 23 heavy (non-hydrogen) atoms. The maximum atomic E-state index is 14.0. The van der Waals surface area contributed by atoms with E-state index in [1.54, 1.807) is 29.3 Å². The first kappa shape index (κ1) is 15.5. The van der Waals surface area contributed by atoms with Crippen LogP contribution in [0.1, 0.15) is 18.4 Å². The Morgan fingerprint density at radius 1 is 1.43 bits per heavy atom. The van der Waals surface area contributed by atoms with Crippen LogP contribution >= 0.6 is 0 Å². The molecule has 0 spiro atoms. The Bertz CT molecular complexity index is 686. The Morgan fingerprint density at radius 3 is 2.70 bits per heavy atom. The van der Waals surface area contributed by atoms with Gasteiger partial charge in [0.25, 0.3) is 5.91 Å². The summed E-state index contributed by atoms with van der Waals surface area (Å²) in [5.74, 6) is -1.21. The van der Waals surface area contributed by atoms with Gasteiger partial charge in [0, 0.05) is 19.2 Å². The average molecular weight is 318 g/mol. The Kier molecular flexibility index (Phi) is 3.81. The molecule has 1 aliphatic heterocycles. The molecule has 2 amide bonds. The second-order valence-corrected chi connectivity index (χ2v) is 5.89. The van der Waals surface area contributed by atoms with Crippen LogP contribution in [0.3, 0.4) is 0 Å². The van der Waals surface area contributed by atoms with Crippen LogP contribution in [-0.4, -0.2) is 29.4 Å². The zero-order valence-corrected chi connectivity index (χ0v) is 12.8. The van der Waals surface area contributed by atoms with Gasteiger partial charge in [0.15, 0.2) is 0 Å². The predicted octanol–water partition coefficient (Wildman–Crippen LogP) is 0.410. The van der Waals surface area contributed by atoms with Gasteiger partial charge in [-0.25, -0.2) is 4.39 Å². The fourth-order valence-corrected chi connectivity index (χ4v) is 3.05. The first-order valence-electron chi connectivity index (χ1n) is 7.51. The number of rotatable bonds is 5. The molecule has 3 rings (SSSR count). The highest BCUT2D eigenvalue weighted by Gasteiger charge is 2.56. The number of amides is 2. The topological polar surface area (TPSA) is 87.5 Å². The van der Waals surface area contributed by atoms with Gasteiger partial charge in [-0.3, -0.25) is 9.59 Å². The monoisotopic (exact) mass is 318 g/mol. The summed E-state index contributed by atoms with van der Waals surface area (Å²) in [6.45, 7) is 0.128. The van der Waals surface area contributed by atoms with E-state index in [9.17, 15) is 14.0 Å². The number of halogens is 1. The molecule has 6 nitrogen and oxygen atoms in total. The van der Waals surface area contributed by atoms with Crippen molar-refractivity contribution in [3.63, 3.8) is 0 Å². The van der Waals surface area contributed by atoms with Crippen LogP contribution in [0.25, 0.3) is 0 Å². The lowest BCUT2D eigenvalue weighted by atomic mass is 9.91. The number of hydrazine groups is 1. The van der Waals surface area contributed by atoms with Crippen LogP contribution in [0, 0.1) is 11.7 Å². The molecule has 1 unspecified atom stereocenters. The van der Waals surface area contributed by atoms with Gasteiger partial charge in [-0.1, -0.05) is 18.2 Å². The predicted molar refractivity (Wildman–Crippen MR) is 81.9 cm³/mol. The quantitative estimate of drug-likeness (QED) is 0.734. The number of hydrogen-bond acceptors (Lipinski definition) is 4. The van der Waals surface area contributed by atoms with Crippen molar-refractivity contribution in [3.8, 4) is 0 Å². The number of benzene rings is 1. The molecule has 1 fully saturated rings. The van der Waals surface area contributed by atoms with Gasteiger partial charge in [-0.15, -0.1) is 0 Å². The van der Waals surface area contributed by atoms with Gasteiger partial charge >= 0.3 is 0 Å². The highest BCUT2D eigenvalue weighted by atomic mass is 19.1. The van der Waals surface area contributed by atoms with Crippen LogP contribution in [0.2, 0.25) is 0 Å². The summed E-state index contributed by atoms with van der Waals surface area (Å²) in [6.07, 6.45) is 3.26. The SMILES string of the molecule is CNC(=O)C1=CC(C(N)=O)(C2CC2)N(Cc2ccccc2F)N1. The lowest BCUT2D eigenvalue weighted by molar-refractivity contribution is -0.130. The number of carbonyl (C=O) groups excluding carboxylic acids is 2. The second-order valence-electron chi connectivity index (χ2n) is 5.89. The zero-order chi connectivity index (χ0) is 16.6. The largest absolute Gasteiger partial charge is 0.368 e. The van der Waals surface area contributed by atoms with E-state index in [-0.39, 0.29) is 29.9 Å². The van der Waals surface area contributed by atoms with Crippen molar-refractivity contribution in [2.24, 2.45) is 11.7 Å². The van der Waals surface area contributed by atoms with E-state index in [0.29, 0.717) is 5.56 Å². The summed E-state index contributed by atoms with van der Waals surface area (Å²) in [5, 5.41) is 4.10. The Morgan fingerprint density at radius 2 is 2.13 bits per heavy atom. The molecule has 0 saturated heterocycles. The molecule has 1 atom stereocenters. The molecule has 1 saturated carbocycles. The number of hydrogen-bond donors (Lipinski definition) is 3. The van der Waals surface area contributed by atoms with Crippen LogP contribution in [0.5, 0.6) is 0 Å². The Balaban J connectivity index is 1.97. The summed E-state index contributed by atoms with van der Waals surface area (Å²) in [7, 11) is 1.51. The van der Waals surface area contributed by atoms with Gasteiger partial charge in [0.1, 0.15) is 17.1 Å². The van der Waals surface area contributed by atoms with E-state index < -0.39 is 11.4 Å². The van der Waals surface area contributed by atoms with E-state index in [4.69, 9.17) is 5.73 Å². The molecule has 0 radical (unpaired) electrons. The van der Waals surface area contributed by atoms with Gasteiger partial charge in [-0.2, -0.15) is 5.01 Å². The average Bonchev–Trinajstić information content (AvgIpc) is 3.31. The van der Waals surface area contributed by atoms with Crippen LogP contribution in [0.4, 0.5) is 4.39 Å². The first-order chi connectivity index (χ1) is 11.0. The van der Waals surface area contributed by atoms with Crippen molar-refractivity contribution in [2.75, 3.05) is 7.05 Å². The van der Waals surface area contributed by atoms with Crippen molar-refractivity contribution in [3.05, 3.63) is 47.4 Å². The molecule has 7 heteroatoms. The van der Waals surface area contributed by atoms with Crippen molar-refractivity contribution in [2.45, 2.75) is 24.9 Å². The fraction of sp³-hybridized carbons (Fsp3) is 0.375. The Labute approximate surface area is 133 Å². The van der Waals surface area contributed by atoms with Crippen molar-refractivity contribution < 1.29 is 14.0 Å². The van der Waals surface area contributed by atoms with Crippen LogP contribution in [-0.2, 0) is 16.1 Å². The molecular formula is C16H19FN4O2. The minimum atomic E-state index is -1.11.